The topological polar surface area (TPSA) is 27.7 Å². The Bertz CT molecular complexity index is 185. The maximum Gasteiger partial charge on any atom is 0.484 e. The van der Waals surface area contributed by atoms with Gasteiger partial charge in [-0.3, -0.25) is 0 Å². The lowest BCUT2D eigenvalue weighted by atomic mass is 9.80. The van der Waals surface area contributed by atoms with Crippen molar-refractivity contribution in [1.29, 1.82) is 0 Å². The number of hydrogen-bond donors (Lipinski definition) is 0. The first-order valence-electron chi connectivity index (χ1n) is 7.54. The molecule has 0 N–H and O–H groups in total. The van der Waals surface area contributed by atoms with E-state index in [1.54, 1.807) is 0 Å². The minimum absolute atomic E-state index is 0.0648. The van der Waals surface area contributed by atoms with E-state index in [0.29, 0.717) is 19.1 Å². The fourth-order valence-corrected chi connectivity index (χ4v) is 4.39. The molecule has 110 valence electrons. The van der Waals surface area contributed by atoms with Crippen LogP contribution in [0.15, 0.2) is 0 Å². The van der Waals surface area contributed by atoms with Crippen molar-refractivity contribution in [2.24, 2.45) is 5.92 Å². The lowest BCUT2D eigenvalue weighted by Crippen LogP contribution is -2.46. The molecule has 0 aromatic rings. The molecule has 0 aromatic heterocycles. The van der Waals surface area contributed by atoms with Crippen LogP contribution < -0.4 is 0 Å². The van der Waals surface area contributed by atoms with E-state index in [1.165, 1.54) is 0 Å². The Morgan fingerprint density at radius 1 is 0.833 bits per heavy atom. The summed E-state index contributed by atoms with van der Waals surface area (Å²) < 4.78 is 17.7. The molecule has 0 saturated carbocycles. The summed E-state index contributed by atoms with van der Waals surface area (Å²) in [5.41, 5.74) is -0.0648. The molecular weight excluding hydrogens is 244 g/mol. The first-order valence-corrected chi connectivity index (χ1v) is 8.96. The second-order valence-electron chi connectivity index (χ2n) is 4.60. The summed E-state index contributed by atoms with van der Waals surface area (Å²) in [7, 11) is -1.98. The SMILES string of the molecule is CCO[SiH](OCC)OC(CC)(CC)C(CC)CC. The van der Waals surface area contributed by atoms with Gasteiger partial charge in [-0.15, -0.1) is 0 Å². The Morgan fingerprint density at radius 2 is 1.28 bits per heavy atom. The predicted molar refractivity (Wildman–Crippen MR) is 78.9 cm³/mol. The minimum atomic E-state index is -1.98. The highest BCUT2D eigenvalue weighted by Gasteiger charge is 2.38. The first kappa shape index (κ1) is 18.1. The maximum absolute atomic E-state index is 6.36. The number of hydrogen-bond acceptors (Lipinski definition) is 3. The Hall–Kier alpha value is 0.0969. The Balaban J connectivity index is 4.83. The zero-order chi connectivity index (χ0) is 14.0. The van der Waals surface area contributed by atoms with Crippen molar-refractivity contribution < 1.29 is 13.3 Å². The van der Waals surface area contributed by atoms with Gasteiger partial charge in [0.15, 0.2) is 0 Å². The molecule has 0 heterocycles. The van der Waals surface area contributed by atoms with Crippen molar-refractivity contribution >= 4 is 9.53 Å². The zero-order valence-electron chi connectivity index (χ0n) is 13.1. The molecule has 0 aliphatic rings. The van der Waals surface area contributed by atoms with Crippen LogP contribution in [-0.2, 0) is 13.3 Å². The molecule has 0 aliphatic heterocycles. The molecule has 4 heteroatoms. The molecule has 0 fully saturated rings. The lowest BCUT2D eigenvalue weighted by molar-refractivity contribution is -0.0549. The molecule has 0 aliphatic carbocycles. The van der Waals surface area contributed by atoms with Crippen molar-refractivity contribution in [3.05, 3.63) is 0 Å². The predicted octanol–water partition coefficient (Wildman–Crippen LogP) is 3.79. The molecule has 0 radical (unpaired) electrons. The summed E-state index contributed by atoms with van der Waals surface area (Å²) in [6.07, 6.45) is 4.36. The van der Waals surface area contributed by atoms with Gasteiger partial charge in [-0.1, -0.05) is 40.5 Å². The highest BCUT2D eigenvalue weighted by molar-refractivity contribution is 6.36. The lowest BCUT2D eigenvalue weighted by Gasteiger charge is -2.41. The second kappa shape index (κ2) is 9.95. The molecule has 0 amide bonds. The van der Waals surface area contributed by atoms with E-state index in [0.717, 1.165) is 25.7 Å². The van der Waals surface area contributed by atoms with Gasteiger partial charge in [-0.05, 0) is 32.6 Å². The standard InChI is InChI=1S/C14H32O3Si/c1-7-13(8-2)14(9-3,10-4)17-18(15-11-5)16-12-6/h13,18H,7-12H2,1-6H3. The Kier molecular flexibility index (Phi) is 10.0. The maximum atomic E-state index is 6.36. The molecule has 18 heavy (non-hydrogen) atoms. The van der Waals surface area contributed by atoms with Crippen LogP contribution in [0.1, 0.15) is 67.2 Å². The van der Waals surface area contributed by atoms with E-state index in [4.69, 9.17) is 13.3 Å². The molecule has 0 saturated heterocycles. The van der Waals surface area contributed by atoms with E-state index >= 15 is 0 Å². The van der Waals surface area contributed by atoms with Gasteiger partial charge in [0.05, 0.1) is 5.60 Å². The summed E-state index contributed by atoms with van der Waals surface area (Å²) >= 11 is 0. The van der Waals surface area contributed by atoms with Gasteiger partial charge in [-0.2, -0.15) is 0 Å². The molecule has 0 unspecified atom stereocenters. The normalized spacial score (nSPS) is 12.7. The summed E-state index contributed by atoms with van der Waals surface area (Å²) in [6.45, 7) is 14.3. The van der Waals surface area contributed by atoms with Crippen molar-refractivity contribution in [3.63, 3.8) is 0 Å². The Labute approximate surface area is 115 Å². The fraction of sp³-hybridized carbons (Fsp3) is 1.00. The Morgan fingerprint density at radius 3 is 1.56 bits per heavy atom. The van der Waals surface area contributed by atoms with Crippen LogP contribution in [0.2, 0.25) is 0 Å². The monoisotopic (exact) mass is 276 g/mol. The van der Waals surface area contributed by atoms with Crippen LogP contribution in [0.25, 0.3) is 0 Å². The third kappa shape index (κ3) is 5.00. The van der Waals surface area contributed by atoms with Crippen LogP contribution in [0.3, 0.4) is 0 Å². The summed E-state index contributed by atoms with van der Waals surface area (Å²) in [4.78, 5) is 0. The van der Waals surface area contributed by atoms with E-state index in [-0.39, 0.29) is 5.60 Å². The molecule has 0 spiro atoms. The number of rotatable bonds is 11. The second-order valence-corrected chi connectivity index (χ2v) is 6.08. The average Bonchev–Trinajstić information content (AvgIpc) is 2.39. The van der Waals surface area contributed by atoms with E-state index < -0.39 is 9.53 Å². The first-order chi connectivity index (χ1) is 8.63. The van der Waals surface area contributed by atoms with Crippen molar-refractivity contribution in [3.8, 4) is 0 Å². The summed E-state index contributed by atoms with van der Waals surface area (Å²) in [5, 5.41) is 0. The molecule has 0 aromatic carbocycles. The van der Waals surface area contributed by atoms with Crippen LogP contribution in [-0.4, -0.2) is 28.3 Å². The molecule has 0 rings (SSSR count). The minimum Gasteiger partial charge on any atom is -0.376 e. The van der Waals surface area contributed by atoms with Gasteiger partial charge in [0.2, 0.25) is 0 Å². The van der Waals surface area contributed by atoms with Crippen LogP contribution >= 0.6 is 0 Å². The van der Waals surface area contributed by atoms with Crippen molar-refractivity contribution in [2.45, 2.75) is 72.8 Å². The average molecular weight is 276 g/mol. The van der Waals surface area contributed by atoms with Crippen molar-refractivity contribution in [2.75, 3.05) is 13.2 Å². The highest BCUT2D eigenvalue weighted by Crippen LogP contribution is 2.35. The highest BCUT2D eigenvalue weighted by atomic mass is 28.3. The molecule has 0 bridgehead atoms. The zero-order valence-corrected chi connectivity index (χ0v) is 14.3. The molecular formula is C14H32O3Si. The summed E-state index contributed by atoms with van der Waals surface area (Å²) in [6, 6.07) is 0. The van der Waals surface area contributed by atoms with Crippen LogP contribution in [0.4, 0.5) is 0 Å². The van der Waals surface area contributed by atoms with Gasteiger partial charge in [0.1, 0.15) is 0 Å². The third-order valence-electron chi connectivity index (χ3n) is 3.86. The third-order valence-corrected chi connectivity index (χ3v) is 5.74. The van der Waals surface area contributed by atoms with Crippen molar-refractivity contribution in [1.82, 2.24) is 0 Å². The van der Waals surface area contributed by atoms with Crippen LogP contribution in [0.5, 0.6) is 0 Å². The van der Waals surface area contributed by atoms with Gasteiger partial charge >= 0.3 is 9.53 Å². The molecule has 0 atom stereocenters. The largest absolute Gasteiger partial charge is 0.484 e. The van der Waals surface area contributed by atoms with Crippen LogP contribution in [0, 0.1) is 5.92 Å². The van der Waals surface area contributed by atoms with Gasteiger partial charge in [0.25, 0.3) is 0 Å². The van der Waals surface area contributed by atoms with Gasteiger partial charge < -0.3 is 13.3 Å². The smallest absolute Gasteiger partial charge is 0.376 e. The summed E-state index contributed by atoms with van der Waals surface area (Å²) in [5.74, 6) is 0.586. The van der Waals surface area contributed by atoms with E-state index in [9.17, 15) is 0 Å². The quantitative estimate of drug-likeness (QED) is 0.537. The van der Waals surface area contributed by atoms with Gasteiger partial charge in [-0.25, -0.2) is 0 Å². The van der Waals surface area contributed by atoms with E-state index in [1.807, 2.05) is 13.8 Å². The van der Waals surface area contributed by atoms with Gasteiger partial charge in [0, 0.05) is 13.2 Å². The molecule has 3 nitrogen and oxygen atoms in total. The van der Waals surface area contributed by atoms with E-state index in [2.05, 4.69) is 27.7 Å². The fourth-order valence-electron chi connectivity index (χ4n) is 2.70.